The number of rotatable bonds is 4. The Labute approximate surface area is 169 Å². The third kappa shape index (κ3) is 3.11. The Hall–Kier alpha value is -3.29. The summed E-state index contributed by atoms with van der Waals surface area (Å²) in [6.07, 6.45) is 1.86. The number of benzene rings is 3. The number of hydrogen-bond donors (Lipinski definition) is 0. The summed E-state index contributed by atoms with van der Waals surface area (Å²) < 4.78 is 2.10. The molecule has 0 aliphatic carbocycles. The number of aromatic nitrogens is 2. The molecule has 5 heteroatoms. The molecule has 0 aliphatic heterocycles. The minimum atomic E-state index is 0.466. The van der Waals surface area contributed by atoms with E-state index in [4.69, 9.17) is 16.9 Å². The molecule has 4 rings (SSSR count). The average Bonchev–Trinajstić information content (AvgIpc) is 3.14. The molecule has 0 spiro atoms. The minimum Gasteiger partial charge on any atom is -0.341 e. The molecule has 1 aromatic heterocycles. The molecule has 1 heterocycles. The number of nitriles is 1. The normalized spacial score (nSPS) is 10.8. The van der Waals surface area contributed by atoms with E-state index in [9.17, 15) is 0 Å². The summed E-state index contributed by atoms with van der Waals surface area (Å²) in [5.74, 6) is 0. The van der Waals surface area contributed by atoms with Crippen LogP contribution in [0.25, 0.3) is 16.7 Å². The quantitative estimate of drug-likeness (QED) is 0.431. The summed E-state index contributed by atoms with van der Waals surface area (Å²) in [4.78, 5) is 6.70. The number of fused-ring (bicyclic) bond motifs is 1. The van der Waals surface area contributed by atoms with E-state index < -0.39 is 0 Å². The van der Waals surface area contributed by atoms with Crippen LogP contribution >= 0.6 is 11.6 Å². The van der Waals surface area contributed by atoms with Gasteiger partial charge in [0.1, 0.15) is 12.4 Å². The van der Waals surface area contributed by atoms with E-state index in [0.717, 1.165) is 40.2 Å². The predicted octanol–water partition coefficient (Wildman–Crippen LogP) is 6.02. The van der Waals surface area contributed by atoms with Gasteiger partial charge in [0.2, 0.25) is 0 Å². The first-order valence-electron chi connectivity index (χ1n) is 9.12. The van der Waals surface area contributed by atoms with Gasteiger partial charge in [-0.05, 0) is 61.9 Å². The van der Waals surface area contributed by atoms with E-state index >= 15 is 0 Å². The Kier molecular flexibility index (Phi) is 4.77. The smallest absolute Gasteiger partial charge is 0.101 e. The third-order valence-electron chi connectivity index (χ3n) is 4.92. The van der Waals surface area contributed by atoms with E-state index in [1.165, 1.54) is 0 Å². The second-order valence-corrected chi connectivity index (χ2v) is 7.00. The lowest BCUT2D eigenvalue weighted by atomic mass is 10.1. The topological polar surface area (TPSA) is 44.9 Å². The van der Waals surface area contributed by atoms with Crippen LogP contribution in [0.2, 0.25) is 5.02 Å². The molecule has 0 saturated carbocycles. The predicted molar refractivity (Wildman–Crippen MR) is 115 cm³/mol. The molecule has 0 atom stereocenters. The van der Waals surface area contributed by atoms with Gasteiger partial charge in [-0.2, -0.15) is 5.26 Å². The van der Waals surface area contributed by atoms with Crippen LogP contribution < -0.4 is 4.90 Å². The highest BCUT2D eigenvalue weighted by Crippen LogP contribution is 2.33. The highest BCUT2D eigenvalue weighted by molar-refractivity contribution is 6.32. The number of imidazole rings is 1. The zero-order valence-corrected chi connectivity index (χ0v) is 16.5. The summed E-state index contributed by atoms with van der Waals surface area (Å²) in [5, 5.41) is 9.60. The molecule has 0 fully saturated rings. The molecule has 0 radical (unpaired) electrons. The monoisotopic (exact) mass is 386 g/mol. The fraction of sp³-hybridized carbons (Fsp3) is 0.130. The van der Waals surface area contributed by atoms with Crippen LogP contribution in [0.3, 0.4) is 0 Å². The van der Waals surface area contributed by atoms with Crippen LogP contribution in [0, 0.1) is 18.3 Å². The SMILES string of the molecule is CCN(c1ccc(C#N)c(Cl)c1)c1cc(-n2cnc3ccccc32)ccc1C. The number of hydrogen-bond acceptors (Lipinski definition) is 3. The van der Waals surface area contributed by atoms with Crippen molar-refractivity contribution in [2.75, 3.05) is 11.4 Å². The third-order valence-corrected chi connectivity index (χ3v) is 5.23. The van der Waals surface area contributed by atoms with Gasteiger partial charge in [-0.25, -0.2) is 4.98 Å². The van der Waals surface area contributed by atoms with Crippen molar-refractivity contribution in [2.45, 2.75) is 13.8 Å². The number of nitrogens with zero attached hydrogens (tertiary/aromatic N) is 4. The van der Waals surface area contributed by atoms with Crippen molar-refractivity contribution in [3.05, 3.63) is 83.1 Å². The van der Waals surface area contributed by atoms with Gasteiger partial charge in [0.25, 0.3) is 0 Å². The maximum Gasteiger partial charge on any atom is 0.101 e. The molecule has 138 valence electrons. The van der Waals surface area contributed by atoms with E-state index in [0.29, 0.717) is 10.6 Å². The van der Waals surface area contributed by atoms with Crippen molar-refractivity contribution in [3.63, 3.8) is 0 Å². The number of para-hydroxylation sites is 2. The average molecular weight is 387 g/mol. The van der Waals surface area contributed by atoms with Gasteiger partial charge in [-0.3, -0.25) is 4.57 Å². The van der Waals surface area contributed by atoms with Crippen molar-refractivity contribution in [3.8, 4) is 11.8 Å². The molecule has 0 amide bonds. The van der Waals surface area contributed by atoms with Crippen molar-refractivity contribution in [1.29, 1.82) is 5.26 Å². The van der Waals surface area contributed by atoms with Gasteiger partial charge < -0.3 is 4.90 Å². The van der Waals surface area contributed by atoms with Gasteiger partial charge in [0.05, 0.1) is 21.6 Å². The van der Waals surface area contributed by atoms with Gasteiger partial charge in [0, 0.05) is 23.6 Å². The maximum atomic E-state index is 9.14. The van der Waals surface area contributed by atoms with Crippen LogP contribution in [0.1, 0.15) is 18.1 Å². The van der Waals surface area contributed by atoms with E-state index in [-0.39, 0.29) is 0 Å². The maximum absolute atomic E-state index is 9.14. The zero-order valence-electron chi connectivity index (χ0n) is 15.7. The molecular formula is C23H19ClN4. The fourth-order valence-electron chi connectivity index (χ4n) is 3.46. The standard InChI is InChI=1S/C23H19ClN4/c1-3-27(18-11-9-17(14-25)20(24)12-18)23-13-19(10-8-16(23)2)28-15-26-21-6-4-5-7-22(21)28/h4-13,15H,3H2,1-2H3. The highest BCUT2D eigenvalue weighted by Gasteiger charge is 2.14. The van der Waals surface area contributed by atoms with Crippen molar-refractivity contribution < 1.29 is 0 Å². The van der Waals surface area contributed by atoms with Gasteiger partial charge in [-0.1, -0.05) is 29.8 Å². The second-order valence-electron chi connectivity index (χ2n) is 6.59. The largest absolute Gasteiger partial charge is 0.341 e. The Bertz CT molecular complexity index is 1200. The van der Waals surface area contributed by atoms with E-state index in [1.807, 2.05) is 36.7 Å². The van der Waals surface area contributed by atoms with Gasteiger partial charge in [0.15, 0.2) is 0 Å². The Morgan fingerprint density at radius 3 is 2.68 bits per heavy atom. The summed E-state index contributed by atoms with van der Waals surface area (Å²) >= 11 is 6.27. The molecule has 0 bridgehead atoms. The Morgan fingerprint density at radius 1 is 1.11 bits per heavy atom. The van der Waals surface area contributed by atoms with Crippen LogP contribution in [-0.4, -0.2) is 16.1 Å². The molecule has 0 aliphatic rings. The lowest BCUT2D eigenvalue weighted by Crippen LogP contribution is -2.17. The summed E-state index contributed by atoms with van der Waals surface area (Å²) in [6, 6.07) is 22.2. The zero-order chi connectivity index (χ0) is 19.7. The van der Waals surface area contributed by atoms with Crippen LogP contribution in [-0.2, 0) is 0 Å². The van der Waals surface area contributed by atoms with E-state index in [2.05, 4.69) is 58.6 Å². The van der Waals surface area contributed by atoms with Crippen LogP contribution in [0.4, 0.5) is 11.4 Å². The summed E-state index contributed by atoms with van der Waals surface area (Å²) in [5.41, 5.74) is 6.79. The number of aryl methyl sites for hydroxylation is 1. The van der Waals surface area contributed by atoms with Crippen LogP contribution in [0.15, 0.2) is 67.0 Å². The first kappa shape index (κ1) is 18.1. The molecule has 0 saturated heterocycles. The molecule has 4 nitrogen and oxygen atoms in total. The van der Waals surface area contributed by atoms with Crippen molar-refractivity contribution >= 4 is 34.0 Å². The number of anilines is 2. The molecule has 28 heavy (non-hydrogen) atoms. The van der Waals surface area contributed by atoms with Crippen molar-refractivity contribution in [1.82, 2.24) is 9.55 Å². The van der Waals surface area contributed by atoms with Crippen molar-refractivity contribution in [2.24, 2.45) is 0 Å². The molecule has 0 unspecified atom stereocenters. The number of halogens is 1. The minimum absolute atomic E-state index is 0.466. The molecular weight excluding hydrogens is 368 g/mol. The second kappa shape index (κ2) is 7.38. The Morgan fingerprint density at radius 2 is 1.93 bits per heavy atom. The van der Waals surface area contributed by atoms with Gasteiger partial charge in [-0.15, -0.1) is 0 Å². The van der Waals surface area contributed by atoms with E-state index in [1.54, 1.807) is 6.07 Å². The lowest BCUT2D eigenvalue weighted by molar-refractivity contribution is 1.01. The molecule has 3 aromatic carbocycles. The fourth-order valence-corrected chi connectivity index (χ4v) is 3.67. The molecule has 0 N–H and O–H groups in total. The Balaban J connectivity index is 1.82. The van der Waals surface area contributed by atoms with Crippen LogP contribution in [0.5, 0.6) is 0 Å². The van der Waals surface area contributed by atoms with Gasteiger partial charge >= 0.3 is 0 Å². The highest BCUT2D eigenvalue weighted by atomic mass is 35.5. The molecule has 4 aromatic rings. The first-order valence-corrected chi connectivity index (χ1v) is 9.50. The first-order chi connectivity index (χ1) is 13.6. The summed E-state index contributed by atoms with van der Waals surface area (Å²) in [7, 11) is 0. The lowest BCUT2D eigenvalue weighted by Gasteiger charge is -2.26. The summed E-state index contributed by atoms with van der Waals surface area (Å²) in [6.45, 7) is 4.97.